The molecule has 0 spiro atoms. The van der Waals surface area contributed by atoms with E-state index >= 15 is 0 Å². The first kappa shape index (κ1) is 28.1. The lowest BCUT2D eigenvalue weighted by Gasteiger charge is -2.08. The molecule has 0 aliphatic heterocycles. The topological polar surface area (TPSA) is 54.0 Å². The molecule has 0 heterocycles. The molecule has 5 nitrogen and oxygen atoms in total. The summed E-state index contributed by atoms with van der Waals surface area (Å²) in [6.07, 6.45) is 14.0. The van der Waals surface area contributed by atoms with E-state index in [-0.39, 0.29) is 5.97 Å². The van der Waals surface area contributed by atoms with E-state index in [1.54, 1.807) is 0 Å². The summed E-state index contributed by atoms with van der Waals surface area (Å²) in [5, 5.41) is 0. The Bertz CT molecular complexity index is 315. The summed E-state index contributed by atoms with van der Waals surface area (Å²) in [5.41, 5.74) is 0. The predicted molar refractivity (Wildman–Crippen MR) is 123 cm³/mol. The maximum absolute atomic E-state index is 11.6. The minimum absolute atomic E-state index is 0.111. The third kappa shape index (κ3) is 24.1. The van der Waals surface area contributed by atoms with E-state index in [9.17, 15) is 4.79 Å². The number of carbonyl (C=O) groups is 1. The molecule has 0 aliphatic rings. The minimum Gasteiger partial charge on any atom is -0.463 e. The number of hydrogen-bond donors (Lipinski definition) is 0. The van der Waals surface area contributed by atoms with Crippen molar-refractivity contribution in [1.82, 2.24) is 0 Å². The first-order chi connectivity index (χ1) is 13.8. The SMILES string of the molecule is CCCCCCCCCC(=O)OCCOCCOCCOCCCCCCI. The lowest BCUT2D eigenvalue weighted by molar-refractivity contribution is -0.145. The van der Waals surface area contributed by atoms with Gasteiger partial charge in [-0.25, -0.2) is 0 Å². The summed E-state index contributed by atoms with van der Waals surface area (Å²) in [7, 11) is 0. The summed E-state index contributed by atoms with van der Waals surface area (Å²) < 4.78 is 22.8. The maximum atomic E-state index is 11.6. The van der Waals surface area contributed by atoms with Gasteiger partial charge >= 0.3 is 5.97 Å². The molecule has 0 unspecified atom stereocenters. The fourth-order valence-corrected chi connectivity index (χ4v) is 3.25. The van der Waals surface area contributed by atoms with Gasteiger partial charge in [0.25, 0.3) is 0 Å². The van der Waals surface area contributed by atoms with Crippen molar-refractivity contribution >= 4 is 28.6 Å². The van der Waals surface area contributed by atoms with Crippen LogP contribution in [0.15, 0.2) is 0 Å². The first-order valence-electron chi connectivity index (χ1n) is 11.3. The van der Waals surface area contributed by atoms with Gasteiger partial charge in [0.2, 0.25) is 0 Å². The number of unbranched alkanes of at least 4 members (excludes halogenated alkanes) is 9. The third-order valence-corrected chi connectivity index (χ3v) is 5.15. The summed E-state index contributed by atoms with van der Waals surface area (Å²) >= 11 is 2.42. The molecular weight excluding hydrogens is 471 g/mol. The van der Waals surface area contributed by atoms with Gasteiger partial charge in [-0.2, -0.15) is 0 Å². The molecule has 0 atom stereocenters. The van der Waals surface area contributed by atoms with Crippen molar-refractivity contribution < 1.29 is 23.7 Å². The number of ether oxygens (including phenoxy) is 4. The highest BCUT2D eigenvalue weighted by molar-refractivity contribution is 14.1. The van der Waals surface area contributed by atoms with Gasteiger partial charge in [0.05, 0.1) is 33.0 Å². The van der Waals surface area contributed by atoms with E-state index in [1.165, 1.54) is 55.8 Å². The second-order valence-corrected chi connectivity index (χ2v) is 8.11. The summed E-state index contributed by atoms with van der Waals surface area (Å²) in [5.74, 6) is -0.111. The van der Waals surface area contributed by atoms with Crippen molar-refractivity contribution in [3.63, 3.8) is 0 Å². The molecule has 0 N–H and O–H groups in total. The Kier molecular flexibility index (Phi) is 25.2. The molecular formula is C22H43IO5. The van der Waals surface area contributed by atoms with Gasteiger partial charge in [0.1, 0.15) is 6.61 Å². The van der Waals surface area contributed by atoms with Crippen molar-refractivity contribution in [3.8, 4) is 0 Å². The molecule has 0 fully saturated rings. The Morgan fingerprint density at radius 2 is 1.11 bits per heavy atom. The van der Waals surface area contributed by atoms with E-state index in [2.05, 4.69) is 29.5 Å². The fourth-order valence-electron chi connectivity index (χ4n) is 2.71. The van der Waals surface area contributed by atoms with Crippen LogP contribution in [-0.4, -0.2) is 56.6 Å². The summed E-state index contributed by atoms with van der Waals surface area (Å²) in [4.78, 5) is 11.6. The van der Waals surface area contributed by atoms with Crippen molar-refractivity contribution in [2.24, 2.45) is 0 Å². The Morgan fingerprint density at radius 1 is 0.607 bits per heavy atom. The standard InChI is InChI=1S/C22H43IO5/c1-2-3-4-5-6-7-10-13-22(24)28-21-20-27-19-18-26-17-16-25-15-12-9-8-11-14-23/h2-21H2,1H3. The molecule has 0 radical (unpaired) electrons. The summed E-state index contributed by atoms with van der Waals surface area (Å²) in [6, 6.07) is 0. The van der Waals surface area contributed by atoms with Crippen molar-refractivity contribution in [2.75, 3.05) is 50.7 Å². The second-order valence-electron chi connectivity index (χ2n) is 7.03. The number of carbonyl (C=O) groups excluding carboxylic acids is 1. The molecule has 0 aromatic heterocycles. The van der Waals surface area contributed by atoms with Gasteiger partial charge in [0.15, 0.2) is 0 Å². The smallest absolute Gasteiger partial charge is 0.305 e. The zero-order valence-electron chi connectivity index (χ0n) is 18.1. The zero-order valence-corrected chi connectivity index (χ0v) is 20.2. The van der Waals surface area contributed by atoms with Crippen LogP contribution in [0, 0.1) is 0 Å². The molecule has 0 saturated heterocycles. The molecule has 168 valence electrons. The van der Waals surface area contributed by atoms with E-state index in [0.29, 0.717) is 46.1 Å². The van der Waals surface area contributed by atoms with Crippen molar-refractivity contribution in [1.29, 1.82) is 0 Å². The van der Waals surface area contributed by atoms with Crippen LogP contribution >= 0.6 is 22.6 Å². The quantitative estimate of drug-likeness (QED) is 0.0756. The van der Waals surface area contributed by atoms with Crippen molar-refractivity contribution in [3.05, 3.63) is 0 Å². The number of alkyl halides is 1. The number of esters is 1. The average Bonchev–Trinajstić information content (AvgIpc) is 2.70. The highest BCUT2D eigenvalue weighted by Crippen LogP contribution is 2.08. The van der Waals surface area contributed by atoms with Crippen LogP contribution < -0.4 is 0 Å². The predicted octanol–water partition coefficient (Wildman–Crippen LogP) is 5.72. The molecule has 0 bridgehead atoms. The van der Waals surface area contributed by atoms with Gasteiger partial charge in [-0.3, -0.25) is 4.79 Å². The lowest BCUT2D eigenvalue weighted by Crippen LogP contribution is -2.14. The largest absolute Gasteiger partial charge is 0.463 e. The average molecular weight is 514 g/mol. The van der Waals surface area contributed by atoms with E-state index in [1.807, 2.05) is 0 Å². The molecule has 6 heteroatoms. The van der Waals surface area contributed by atoms with Crippen LogP contribution in [0.25, 0.3) is 0 Å². The summed E-state index contributed by atoms with van der Waals surface area (Å²) in [6.45, 7) is 6.12. The minimum atomic E-state index is -0.111. The van der Waals surface area contributed by atoms with Gasteiger partial charge in [-0.1, -0.05) is 80.9 Å². The Labute approximate surface area is 186 Å². The molecule has 0 saturated carbocycles. The highest BCUT2D eigenvalue weighted by Gasteiger charge is 2.02. The monoisotopic (exact) mass is 514 g/mol. The Balaban J connectivity index is 3.11. The Morgan fingerprint density at radius 3 is 1.75 bits per heavy atom. The van der Waals surface area contributed by atoms with Gasteiger partial charge in [0, 0.05) is 13.0 Å². The van der Waals surface area contributed by atoms with Crippen LogP contribution in [0.1, 0.15) is 84.0 Å². The van der Waals surface area contributed by atoms with E-state index in [4.69, 9.17) is 18.9 Å². The zero-order chi connectivity index (χ0) is 20.5. The number of rotatable bonds is 23. The second kappa shape index (κ2) is 25.1. The van der Waals surface area contributed by atoms with Crippen LogP contribution in [0.4, 0.5) is 0 Å². The highest BCUT2D eigenvalue weighted by atomic mass is 127. The maximum Gasteiger partial charge on any atom is 0.305 e. The van der Waals surface area contributed by atoms with Crippen LogP contribution in [-0.2, 0) is 23.7 Å². The molecule has 0 amide bonds. The van der Waals surface area contributed by atoms with Crippen LogP contribution in [0.2, 0.25) is 0 Å². The van der Waals surface area contributed by atoms with Crippen LogP contribution in [0.5, 0.6) is 0 Å². The third-order valence-electron chi connectivity index (χ3n) is 4.39. The van der Waals surface area contributed by atoms with Gasteiger partial charge < -0.3 is 18.9 Å². The normalized spacial score (nSPS) is 11.1. The van der Waals surface area contributed by atoms with E-state index < -0.39 is 0 Å². The first-order valence-corrected chi connectivity index (χ1v) is 12.8. The van der Waals surface area contributed by atoms with Gasteiger partial charge in [-0.05, 0) is 23.7 Å². The Hall–Kier alpha value is 0.0800. The molecule has 0 aromatic carbocycles. The van der Waals surface area contributed by atoms with Crippen molar-refractivity contribution in [2.45, 2.75) is 84.0 Å². The fraction of sp³-hybridized carbons (Fsp3) is 0.955. The lowest BCUT2D eigenvalue weighted by atomic mass is 10.1. The molecule has 0 rings (SSSR count). The van der Waals surface area contributed by atoms with Gasteiger partial charge in [-0.15, -0.1) is 0 Å². The molecule has 28 heavy (non-hydrogen) atoms. The van der Waals surface area contributed by atoms with E-state index in [0.717, 1.165) is 25.9 Å². The number of halogens is 1. The van der Waals surface area contributed by atoms with Crippen LogP contribution in [0.3, 0.4) is 0 Å². The number of hydrogen-bond acceptors (Lipinski definition) is 5. The molecule has 0 aromatic rings. The molecule has 0 aliphatic carbocycles.